The minimum atomic E-state index is -1.75. The number of hydrogen-bond acceptors (Lipinski definition) is 12. The number of pyridine rings is 2. The van der Waals surface area contributed by atoms with E-state index in [0.29, 0.717) is 11.4 Å². The second kappa shape index (κ2) is 22.7. The Hall–Kier alpha value is -4.00. The van der Waals surface area contributed by atoms with Crippen LogP contribution in [0.1, 0.15) is 32.1 Å². The van der Waals surface area contributed by atoms with E-state index in [0.717, 1.165) is 0 Å². The zero-order valence-corrected chi connectivity index (χ0v) is 17.0. The first-order valence-electron chi connectivity index (χ1n) is 7.15. The summed E-state index contributed by atoms with van der Waals surface area (Å²) >= 11 is 0. The standard InChI is InChI=1S/2C7H7NO3.Cu.2NO3.2H2O/c2*9-4-6-3-5(7(10)11)1-2-8-6;;2*2-1(3)4;;/h2*1-3,9H,4H2,(H,10,11);;;;2*1H2/q;;+2;2*-1;;. The van der Waals surface area contributed by atoms with Crippen LogP contribution in [0.15, 0.2) is 36.7 Å². The van der Waals surface area contributed by atoms with E-state index in [9.17, 15) is 9.59 Å². The van der Waals surface area contributed by atoms with Crippen molar-refractivity contribution in [1.29, 1.82) is 0 Å². The molecule has 0 fully saturated rings. The van der Waals surface area contributed by atoms with Crippen molar-refractivity contribution in [3.8, 4) is 0 Å². The van der Waals surface area contributed by atoms with Crippen LogP contribution in [0.2, 0.25) is 0 Å². The van der Waals surface area contributed by atoms with Crippen molar-refractivity contribution >= 4 is 11.9 Å². The molecule has 0 saturated carbocycles. The smallest absolute Gasteiger partial charge is 0.478 e. The molecule has 2 heterocycles. The first-order chi connectivity index (χ1) is 13.9. The molecule has 0 bridgehead atoms. The molecule has 0 spiro atoms. The Bertz CT molecular complexity index is 777. The number of carboxylic acids is 2. The van der Waals surface area contributed by atoms with Crippen LogP contribution in [0, 0.1) is 30.6 Å². The minimum absolute atomic E-state index is 0. The van der Waals surface area contributed by atoms with Gasteiger partial charge < -0.3 is 62.0 Å². The molecule has 0 aliphatic rings. The van der Waals surface area contributed by atoms with Gasteiger partial charge in [-0.2, -0.15) is 0 Å². The minimum Gasteiger partial charge on any atom is -0.478 e. The van der Waals surface area contributed by atoms with Gasteiger partial charge in [-0.3, -0.25) is 9.97 Å². The topological polar surface area (TPSA) is 336 Å². The predicted octanol–water partition coefficient (Wildman–Crippen LogP) is -1.59. The van der Waals surface area contributed by atoms with E-state index in [4.69, 9.17) is 51.1 Å². The van der Waals surface area contributed by atoms with Crippen LogP contribution >= 0.6 is 0 Å². The number of hydrogen-bond donors (Lipinski definition) is 4. The molecule has 2 aromatic rings. The van der Waals surface area contributed by atoms with E-state index in [-0.39, 0.29) is 52.4 Å². The van der Waals surface area contributed by atoms with Crippen molar-refractivity contribution in [2.45, 2.75) is 13.2 Å². The Kier molecular flexibility index (Phi) is 27.1. The molecule has 1 radical (unpaired) electrons. The Morgan fingerprint density at radius 1 is 0.758 bits per heavy atom. The summed E-state index contributed by atoms with van der Waals surface area (Å²) in [6, 6.07) is 5.42. The van der Waals surface area contributed by atoms with Gasteiger partial charge in [-0.1, -0.05) is 0 Å². The average Bonchev–Trinajstić information content (AvgIpc) is 2.67. The fraction of sp³-hybridized carbons (Fsp3) is 0.143. The Morgan fingerprint density at radius 3 is 1.18 bits per heavy atom. The number of carboxylic acid groups (broad SMARTS) is 2. The summed E-state index contributed by atoms with van der Waals surface area (Å²) in [6.07, 6.45) is 2.71. The fourth-order valence-corrected chi connectivity index (χ4v) is 1.40. The molecular weight excluding hydrogens is 512 g/mol. The molecule has 33 heavy (non-hydrogen) atoms. The van der Waals surface area contributed by atoms with Crippen molar-refractivity contribution in [2.75, 3.05) is 0 Å². The predicted molar refractivity (Wildman–Crippen MR) is 102 cm³/mol. The van der Waals surface area contributed by atoms with Crippen LogP contribution in [0.25, 0.3) is 0 Å². The molecule has 18 nitrogen and oxygen atoms in total. The maximum atomic E-state index is 10.4. The number of aromatic carboxylic acids is 2. The van der Waals surface area contributed by atoms with Crippen LogP contribution in [0.3, 0.4) is 0 Å². The second-order valence-corrected chi connectivity index (χ2v) is 4.45. The second-order valence-electron chi connectivity index (χ2n) is 4.45. The van der Waals surface area contributed by atoms with Crippen LogP contribution in [-0.2, 0) is 30.3 Å². The van der Waals surface area contributed by atoms with E-state index < -0.39 is 22.1 Å². The van der Waals surface area contributed by atoms with Gasteiger partial charge in [0, 0.05) is 12.4 Å². The maximum absolute atomic E-state index is 10.4. The normalized spacial score (nSPS) is 7.82. The number of nitrogens with zero attached hydrogens (tertiary/aromatic N) is 4. The number of aliphatic hydroxyl groups excluding tert-OH is 2. The van der Waals surface area contributed by atoms with Crippen molar-refractivity contribution in [3.05, 3.63) is 89.8 Å². The third-order valence-electron chi connectivity index (χ3n) is 2.45. The fourth-order valence-electron chi connectivity index (χ4n) is 1.40. The summed E-state index contributed by atoms with van der Waals surface area (Å²) in [5.74, 6) is -2.02. The number of carbonyl (C=O) groups is 2. The van der Waals surface area contributed by atoms with Gasteiger partial charge in [-0.05, 0) is 24.3 Å². The summed E-state index contributed by atoms with van der Waals surface area (Å²) in [7, 11) is 0. The molecule has 19 heteroatoms. The number of aliphatic hydroxyl groups is 2. The number of aromatic nitrogens is 2. The van der Waals surface area contributed by atoms with E-state index in [1.807, 2.05) is 0 Å². The third kappa shape index (κ3) is 24.1. The summed E-state index contributed by atoms with van der Waals surface area (Å²) in [5, 5.41) is 63.7. The van der Waals surface area contributed by atoms with Gasteiger partial charge in [-0.15, -0.1) is 0 Å². The zero-order chi connectivity index (χ0) is 23.7. The van der Waals surface area contributed by atoms with Gasteiger partial charge in [-0.25, -0.2) is 9.59 Å². The zero-order valence-electron chi connectivity index (χ0n) is 16.0. The van der Waals surface area contributed by atoms with Crippen LogP contribution in [0.5, 0.6) is 0 Å². The molecule has 0 unspecified atom stereocenters. The van der Waals surface area contributed by atoms with E-state index in [1.165, 1.54) is 36.7 Å². The van der Waals surface area contributed by atoms with Gasteiger partial charge in [0.15, 0.2) is 0 Å². The van der Waals surface area contributed by atoms with Gasteiger partial charge in [0.2, 0.25) is 0 Å². The summed E-state index contributed by atoms with van der Waals surface area (Å²) in [6.45, 7) is -0.470. The molecule has 189 valence electrons. The molecular formula is C14H18CuN4O14. The van der Waals surface area contributed by atoms with E-state index in [2.05, 4.69) is 9.97 Å². The molecule has 0 aliphatic heterocycles. The quantitative estimate of drug-likeness (QED) is 0.197. The van der Waals surface area contributed by atoms with Crippen molar-refractivity contribution in [2.24, 2.45) is 0 Å². The summed E-state index contributed by atoms with van der Waals surface area (Å²) in [5.41, 5.74) is 1.02. The molecule has 0 amide bonds. The van der Waals surface area contributed by atoms with Gasteiger partial charge in [0.25, 0.3) is 0 Å². The van der Waals surface area contributed by atoms with Gasteiger partial charge in [0.1, 0.15) is 0 Å². The largest absolute Gasteiger partial charge is 2.00 e. The van der Waals surface area contributed by atoms with Crippen molar-refractivity contribution in [3.63, 3.8) is 0 Å². The van der Waals surface area contributed by atoms with Crippen molar-refractivity contribution < 1.29 is 68.2 Å². The third-order valence-corrected chi connectivity index (χ3v) is 2.45. The first-order valence-corrected chi connectivity index (χ1v) is 7.15. The maximum Gasteiger partial charge on any atom is 2.00 e. The SMILES string of the molecule is O.O.O=C(O)c1ccnc(CO)c1.O=C(O)c1ccnc(CO)c1.O=[N+]([O-])[O-].O=[N+]([O-])[O-].[Cu+2]. The van der Waals surface area contributed by atoms with Gasteiger partial charge in [0.05, 0.1) is 45.9 Å². The molecule has 2 rings (SSSR count). The average molecular weight is 530 g/mol. The molecule has 0 saturated heterocycles. The first kappa shape index (κ1) is 39.5. The van der Waals surface area contributed by atoms with Crippen LogP contribution in [0.4, 0.5) is 0 Å². The Balaban J connectivity index is -0.000000113. The molecule has 0 aliphatic carbocycles. The molecule has 8 N–H and O–H groups in total. The van der Waals surface area contributed by atoms with E-state index in [1.54, 1.807) is 0 Å². The Morgan fingerprint density at radius 2 is 1.00 bits per heavy atom. The molecule has 0 aromatic carbocycles. The van der Waals surface area contributed by atoms with Crippen LogP contribution in [-0.4, -0.2) is 63.5 Å². The number of rotatable bonds is 4. The summed E-state index contributed by atoms with van der Waals surface area (Å²) in [4.78, 5) is 44.7. The monoisotopic (exact) mass is 529 g/mol. The van der Waals surface area contributed by atoms with Gasteiger partial charge >= 0.3 is 29.0 Å². The molecule has 2 aromatic heterocycles. The Labute approximate surface area is 193 Å². The van der Waals surface area contributed by atoms with E-state index >= 15 is 0 Å². The van der Waals surface area contributed by atoms with Crippen molar-refractivity contribution in [1.82, 2.24) is 9.97 Å². The molecule has 0 atom stereocenters. The van der Waals surface area contributed by atoms with Crippen LogP contribution < -0.4 is 0 Å². The summed E-state index contributed by atoms with van der Waals surface area (Å²) < 4.78 is 0.